The van der Waals surface area contributed by atoms with Crippen molar-refractivity contribution in [2.45, 2.75) is 10.9 Å². The highest BCUT2D eigenvalue weighted by Gasteiger charge is 2.13. The monoisotopic (exact) mass is 292 g/mol. The van der Waals surface area contributed by atoms with Crippen LogP contribution in [0.3, 0.4) is 0 Å². The molecule has 0 bridgehead atoms. The molecule has 1 aromatic heterocycles. The summed E-state index contributed by atoms with van der Waals surface area (Å²) in [7, 11) is 4.80. The van der Waals surface area contributed by atoms with Crippen molar-refractivity contribution in [3.05, 3.63) is 36.2 Å². The van der Waals surface area contributed by atoms with Crippen molar-refractivity contribution >= 4 is 11.8 Å². The van der Waals surface area contributed by atoms with Gasteiger partial charge in [0.1, 0.15) is 0 Å². The molecule has 0 unspecified atom stereocenters. The summed E-state index contributed by atoms with van der Waals surface area (Å²) < 4.78 is 15.9. The normalized spacial score (nSPS) is 10.2. The summed E-state index contributed by atoms with van der Waals surface area (Å²) in [5, 5.41) is 0.737. The van der Waals surface area contributed by atoms with Crippen LogP contribution >= 0.6 is 11.8 Å². The third-order valence-corrected chi connectivity index (χ3v) is 3.58. The van der Waals surface area contributed by atoms with E-state index < -0.39 is 0 Å². The lowest BCUT2D eigenvalue weighted by molar-refractivity contribution is 0.324. The van der Waals surface area contributed by atoms with Crippen molar-refractivity contribution in [3.63, 3.8) is 0 Å². The first-order valence-electron chi connectivity index (χ1n) is 5.97. The molecule has 2 rings (SSSR count). The fourth-order valence-corrected chi connectivity index (χ4v) is 2.46. The minimum atomic E-state index is 0.597. The van der Waals surface area contributed by atoms with Crippen LogP contribution in [-0.4, -0.2) is 31.3 Å². The third kappa shape index (κ3) is 3.33. The highest BCUT2D eigenvalue weighted by Crippen LogP contribution is 2.39. The maximum absolute atomic E-state index is 5.33. The van der Waals surface area contributed by atoms with Gasteiger partial charge >= 0.3 is 0 Å². The molecule has 0 aliphatic rings. The lowest BCUT2D eigenvalue weighted by Crippen LogP contribution is -1.96. The largest absolute Gasteiger partial charge is 0.493 e. The van der Waals surface area contributed by atoms with E-state index in [1.54, 1.807) is 51.6 Å². The van der Waals surface area contributed by atoms with Crippen LogP contribution in [0.4, 0.5) is 0 Å². The second-order valence-corrected chi connectivity index (χ2v) is 4.80. The second-order valence-electron chi connectivity index (χ2n) is 3.85. The van der Waals surface area contributed by atoms with E-state index in [0.29, 0.717) is 17.2 Å². The number of rotatable bonds is 6. The van der Waals surface area contributed by atoms with E-state index in [0.717, 1.165) is 16.5 Å². The maximum atomic E-state index is 5.33. The van der Waals surface area contributed by atoms with Crippen LogP contribution in [0.2, 0.25) is 0 Å². The lowest BCUT2D eigenvalue weighted by Gasteiger charge is -2.13. The average molecular weight is 292 g/mol. The Morgan fingerprint density at radius 2 is 1.55 bits per heavy atom. The molecule has 0 radical (unpaired) electrons. The zero-order valence-electron chi connectivity index (χ0n) is 11.6. The number of aromatic nitrogens is 2. The van der Waals surface area contributed by atoms with Crippen molar-refractivity contribution < 1.29 is 14.2 Å². The van der Waals surface area contributed by atoms with Crippen LogP contribution < -0.4 is 14.2 Å². The second kappa shape index (κ2) is 7.00. The van der Waals surface area contributed by atoms with E-state index in [2.05, 4.69) is 9.97 Å². The van der Waals surface area contributed by atoms with Gasteiger partial charge in [-0.1, -0.05) is 11.8 Å². The number of hydrogen-bond acceptors (Lipinski definition) is 6. The number of ether oxygens (including phenoxy) is 3. The van der Waals surface area contributed by atoms with Gasteiger partial charge in [0.05, 0.1) is 21.3 Å². The summed E-state index contributed by atoms with van der Waals surface area (Å²) in [6, 6.07) is 5.65. The number of benzene rings is 1. The molecule has 6 heteroatoms. The van der Waals surface area contributed by atoms with Crippen molar-refractivity contribution in [2.75, 3.05) is 21.3 Å². The summed E-state index contributed by atoms with van der Waals surface area (Å²) in [6.07, 6.45) is 3.45. The molecule has 0 atom stereocenters. The van der Waals surface area contributed by atoms with Gasteiger partial charge in [-0.25, -0.2) is 9.97 Å². The molecule has 5 nitrogen and oxygen atoms in total. The first kappa shape index (κ1) is 14.5. The quantitative estimate of drug-likeness (QED) is 0.603. The fourth-order valence-electron chi connectivity index (χ4n) is 1.73. The zero-order valence-corrected chi connectivity index (χ0v) is 12.4. The van der Waals surface area contributed by atoms with Crippen LogP contribution in [0.25, 0.3) is 0 Å². The summed E-state index contributed by atoms with van der Waals surface area (Å²) in [5.41, 5.74) is 1.05. The van der Waals surface area contributed by atoms with Gasteiger partial charge < -0.3 is 14.2 Å². The van der Waals surface area contributed by atoms with E-state index in [9.17, 15) is 0 Å². The van der Waals surface area contributed by atoms with Crippen molar-refractivity contribution in [2.24, 2.45) is 0 Å². The highest BCUT2D eigenvalue weighted by molar-refractivity contribution is 7.98. The zero-order chi connectivity index (χ0) is 14.4. The minimum absolute atomic E-state index is 0.597. The summed E-state index contributed by atoms with van der Waals surface area (Å²) in [4.78, 5) is 8.35. The summed E-state index contributed by atoms with van der Waals surface area (Å²) in [5.74, 6) is 2.62. The Hall–Kier alpha value is -1.95. The van der Waals surface area contributed by atoms with E-state index in [1.807, 2.05) is 12.1 Å². The molecular weight excluding hydrogens is 276 g/mol. The number of thioether (sulfide) groups is 1. The van der Waals surface area contributed by atoms with E-state index in [1.165, 1.54) is 0 Å². The van der Waals surface area contributed by atoms with Crippen LogP contribution in [0, 0.1) is 0 Å². The Kier molecular flexibility index (Phi) is 5.06. The molecule has 0 fully saturated rings. The predicted octanol–water partition coefficient (Wildman–Crippen LogP) is 2.79. The predicted molar refractivity (Wildman–Crippen MR) is 77.7 cm³/mol. The Labute approximate surface area is 122 Å². The molecule has 106 valence electrons. The van der Waals surface area contributed by atoms with Gasteiger partial charge in [-0.05, 0) is 23.8 Å². The SMILES string of the molecule is COc1cc(CSc2ncccn2)cc(OC)c1OC. The molecule has 2 aromatic rings. The number of methoxy groups -OCH3 is 3. The molecule has 20 heavy (non-hydrogen) atoms. The fraction of sp³-hybridized carbons (Fsp3) is 0.286. The van der Waals surface area contributed by atoms with E-state index in [-0.39, 0.29) is 0 Å². The van der Waals surface area contributed by atoms with Gasteiger partial charge in [-0.15, -0.1) is 0 Å². The van der Waals surface area contributed by atoms with Gasteiger partial charge in [0, 0.05) is 18.1 Å². The molecule has 0 saturated carbocycles. The van der Waals surface area contributed by atoms with Crippen LogP contribution in [-0.2, 0) is 5.75 Å². The van der Waals surface area contributed by atoms with Gasteiger partial charge in [0.15, 0.2) is 16.7 Å². The van der Waals surface area contributed by atoms with E-state index in [4.69, 9.17) is 14.2 Å². The molecule has 0 N–H and O–H groups in total. The van der Waals surface area contributed by atoms with Crippen LogP contribution in [0.5, 0.6) is 17.2 Å². The van der Waals surface area contributed by atoms with Gasteiger partial charge in [0.2, 0.25) is 5.75 Å². The highest BCUT2D eigenvalue weighted by atomic mass is 32.2. The topological polar surface area (TPSA) is 53.5 Å². The smallest absolute Gasteiger partial charge is 0.203 e. The maximum Gasteiger partial charge on any atom is 0.203 e. The Morgan fingerprint density at radius 3 is 2.05 bits per heavy atom. The lowest BCUT2D eigenvalue weighted by atomic mass is 10.2. The standard InChI is InChI=1S/C14H16N2O3S/c1-17-11-7-10(8-12(18-2)13(11)19-3)9-20-14-15-5-4-6-16-14/h4-8H,9H2,1-3H3. The van der Waals surface area contributed by atoms with Gasteiger partial charge in [-0.3, -0.25) is 0 Å². The number of nitrogens with zero attached hydrogens (tertiary/aromatic N) is 2. The van der Waals surface area contributed by atoms with Crippen LogP contribution in [0.15, 0.2) is 35.7 Å². The minimum Gasteiger partial charge on any atom is -0.493 e. The third-order valence-electron chi connectivity index (χ3n) is 2.63. The molecular formula is C14H16N2O3S. The Morgan fingerprint density at radius 1 is 0.950 bits per heavy atom. The molecule has 0 saturated heterocycles. The average Bonchev–Trinajstić information content (AvgIpc) is 2.52. The van der Waals surface area contributed by atoms with Gasteiger partial charge in [-0.2, -0.15) is 0 Å². The molecule has 0 spiro atoms. The molecule has 0 aliphatic carbocycles. The first-order chi connectivity index (χ1) is 9.78. The van der Waals surface area contributed by atoms with Crippen LogP contribution in [0.1, 0.15) is 5.56 Å². The Bertz CT molecular complexity index is 539. The van der Waals surface area contributed by atoms with Gasteiger partial charge in [0.25, 0.3) is 0 Å². The first-order valence-corrected chi connectivity index (χ1v) is 6.95. The molecule has 0 aliphatic heterocycles. The van der Waals surface area contributed by atoms with Crippen molar-refractivity contribution in [1.29, 1.82) is 0 Å². The molecule has 1 heterocycles. The Balaban J connectivity index is 2.19. The van der Waals surface area contributed by atoms with E-state index >= 15 is 0 Å². The number of hydrogen-bond donors (Lipinski definition) is 0. The molecule has 1 aromatic carbocycles. The van der Waals surface area contributed by atoms with Crippen molar-refractivity contribution in [3.8, 4) is 17.2 Å². The summed E-state index contributed by atoms with van der Waals surface area (Å²) >= 11 is 1.55. The molecule has 0 amide bonds. The summed E-state index contributed by atoms with van der Waals surface area (Å²) in [6.45, 7) is 0. The van der Waals surface area contributed by atoms with Crippen molar-refractivity contribution in [1.82, 2.24) is 9.97 Å².